The number of sulfonamides is 1. The van der Waals surface area contributed by atoms with Gasteiger partial charge in [-0.25, -0.2) is 13.2 Å². The number of esters is 1. The fourth-order valence-corrected chi connectivity index (χ4v) is 4.63. The highest BCUT2D eigenvalue weighted by Gasteiger charge is 2.27. The number of amides is 1. The normalized spacial score (nSPS) is 15.7. The molecule has 0 spiro atoms. The highest BCUT2D eigenvalue weighted by Crippen LogP contribution is 2.24. The van der Waals surface area contributed by atoms with Crippen molar-refractivity contribution in [1.29, 1.82) is 0 Å². The number of nitrogens with zero attached hydrogens (tertiary/aromatic N) is 1. The van der Waals surface area contributed by atoms with Crippen molar-refractivity contribution in [2.75, 3.05) is 25.5 Å². The molecule has 1 aliphatic rings. The van der Waals surface area contributed by atoms with E-state index in [1.165, 1.54) is 47.8 Å². The number of nitrogens with one attached hydrogen (secondary N) is 1. The first-order valence-corrected chi connectivity index (χ1v) is 10.8. The van der Waals surface area contributed by atoms with Crippen LogP contribution in [0.15, 0.2) is 53.4 Å². The monoisotopic (exact) mass is 416 g/mol. The second-order valence-electron chi connectivity index (χ2n) is 7.13. The Kier molecular flexibility index (Phi) is 6.34. The van der Waals surface area contributed by atoms with Crippen LogP contribution >= 0.6 is 0 Å². The van der Waals surface area contributed by atoms with Crippen LogP contribution in [0.4, 0.5) is 5.69 Å². The van der Waals surface area contributed by atoms with Gasteiger partial charge in [0.2, 0.25) is 10.0 Å². The molecular formula is C21H24N2O5S. The molecular weight excluding hydrogens is 392 g/mol. The second-order valence-corrected chi connectivity index (χ2v) is 9.07. The Balaban J connectivity index is 1.67. The molecule has 0 bridgehead atoms. The summed E-state index contributed by atoms with van der Waals surface area (Å²) in [5, 5.41) is 2.72. The van der Waals surface area contributed by atoms with E-state index < -0.39 is 16.0 Å². The molecule has 2 aromatic carbocycles. The van der Waals surface area contributed by atoms with Gasteiger partial charge in [-0.2, -0.15) is 4.31 Å². The van der Waals surface area contributed by atoms with E-state index in [1.807, 2.05) is 0 Å². The molecule has 0 radical (unpaired) electrons. The molecule has 7 nitrogen and oxygen atoms in total. The van der Waals surface area contributed by atoms with Crippen molar-refractivity contribution in [2.45, 2.75) is 24.7 Å². The van der Waals surface area contributed by atoms with Gasteiger partial charge in [0.1, 0.15) is 0 Å². The van der Waals surface area contributed by atoms with E-state index in [1.54, 1.807) is 12.1 Å². The van der Waals surface area contributed by atoms with Crippen molar-refractivity contribution in [2.24, 2.45) is 5.92 Å². The van der Waals surface area contributed by atoms with E-state index in [4.69, 9.17) is 0 Å². The lowest BCUT2D eigenvalue weighted by atomic mass is 10.0. The van der Waals surface area contributed by atoms with E-state index in [0.29, 0.717) is 35.8 Å². The largest absolute Gasteiger partial charge is 0.465 e. The molecule has 0 saturated carbocycles. The first kappa shape index (κ1) is 21.0. The zero-order valence-corrected chi connectivity index (χ0v) is 17.2. The van der Waals surface area contributed by atoms with Gasteiger partial charge in [0.15, 0.2) is 0 Å². The van der Waals surface area contributed by atoms with E-state index in [0.717, 1.165) is 12.8 Å². The molecule has 154 valence electrons. The first-order valence-electron chi connectivity index (χ1n) is 9.41. The van der Waals surface area contributed by atoms with Gasteiger partial charge in [-0.05, 0) is 67.3 Å². The van der Waals surface area contributed by atoms with Crippen molar-refractivity contribution in [3.63, 3.8) is 0 Å². The number of hydrogen-bond donors (Lipinski definition) is 1. The summed E-state index contributed by atoms with van der Waals surface area (Å²) < 4.78 is 31.7. The van der Waals surface area contributed by atoms with Crippen LogP contribution in [0.2, 0.25) is 0 Å². The Bertz CT molecular complexity index is 977. The molecule has 0 atom stereocenters. The zero-order valence-electron chi connectivity index (χ0n) is 16.4. The van der Waals surface area contributed by atoms with Crippen LogP contribution in [-0.2, 0) is 14.8 Å². The molecule has 0 aromatic heterocycles. The fourth-order valence-electron chi connectivity index (χ4n) is 3.16. The smallest absolute Gasteiger partial charge is 0.337 e. The summed E-state index contributed by atoms with van der Waals surface area (Å²) in [6.45, 7) is 3.19. The highest BCUT2D eigenvalue weighted by atomic mass is 32.2. The number of carbonyl (C=O) groups excluding carboxylic acids is 2. The van der Waals surface area contributed by atoms with Crippen molar-refractivity contribution in [3.8, 4) is 0 Å². The molecule has 0 unspecified atom stereocenters. The molecule has 1 saturated heterocycles. The van der Waals surface area contributed by atoms with Gasteiger partial charge in [0, 0.05) is 24.3 Å². The molecule has 1 heterocycles. The van der Waals surface area contributed by atoms with Crippen molar-refractivity contribution in [3.05, 3.63) is 59.7 Å². The second kappa shape index (κ2) is 8.75. The van der Waals surface area contributed by atoms with Gasteiger partial charge in [-0.1, -0.05) is 6.92 Å². The number of methoxy groups -OCH3 is 1. The van der Waals surface area contributed by atoms with Crippen molar-refractivity contribution >= 4 is 27.6 Å². The van der Waals surface area contributed by atoms with E-state index in [-0.39, 0.29) is 10.8 Å². The minimum atomic E-state index is -3.52. The molecule has 1 N–H and O–H groups in total. The molecule has 29 heavy (non-hydrogen) atoms. The van der Waals surface area contributed by atoms with Crippen LogP contribution in [0.1, 0.15) is 40.5 Å². The maximum atomic E-state index is 12.8. The molecule has 1 amide bonds. The number of anilines is 1. The Morgan fingerprint density at radius 1 is 0.966 bits per heavy atom. The van der Waals surface area contributed by atoms with Crippen LogP contribution in [-0.4, -0.2) is 44.8 Å². The predicted molar refractivity (Wildman–Crippen MR) is 109 cm³/mol. The Hall–Kier alpha value is -2.71. The number of benzene rings is 2. The lowest BCUT2D eigenvalue weighted by molar-refractivity contribution is 0.0600. The van der Waals surface area contributed by atoms with Crippen LogP contribution in [0.25, 0.3) is 0 Å². The van der Waals surface area contributed by atoms with Crippen LogP contribution < -0.4 is 5.32 Å². The summed E-state index contributed by atoms with van der Waals surface area (Å²) in [7, 11) is -2.23. The third-order valence-corrected chi connectivity index (χ3v) is 6.97. The zero-order chi connectivity index (χ0) is 21.0. The van der Waals surface area contributed by atoms with Gasteiger partial charge in [0.25, 0.3) is 5.91 Å². The molecule has 1 fully saturated rings. The summed E-state index contributed by atoms with van der Waals surface area (Å²) in [6, 6.07) is 12.2. The van der Waals surface area contributed by atoms with E-state index in [2.05, 4.69) is 17.0 Å². The van der Waals surface area contributed by atoms with E-state index in [9.17, 15) is 18.0 Å². The van der Waals surface area contributed by atoms with Gasteiger partial charge in [-0.15, -0.1) is 0 Å². The summed E-state index contributed by atoms with van der Waals surface area (Å²) in [6.07, 6.45) is 1.73. The Morgan fingerprint density at radius 2 is 1.52 bits per heavy atom. The van der Waals surface area contributed by atoms with Crippen LogP contribution in [0.3, 0.4) is 0 Å². The number of piperidine rings is 1. The van der Waals surface area contributed by atoms with Crippen LogP contribution in [0, 0.1) is 5.92 Å². The lowest BCUT2D eigenvalue weighted by Crippen LogP contribution is -2.37. The average molecular weight is 416 g/mol. The van der Waals surface area contributed by atoms with E-state index >= 15 is 0 Å². The van der Waals surface area contributed by atoms with Gasteiger partial charge in [0.05, 0.1) is 17.6 Å². The topological polar surface area (TPSA) is 92.8 Å². The quantitative estimate of drug-likeness (QED) is 0.756. The van der Waals surface area contributed by atoms with Crippen LogP contribution in [0.5, 0.6) is 0 Å². The molecule has 8 heteroatoms. The predicted octanol–water partition coefficient (Wildman–Crippen LogP) is 3.15. The number of ether oxygens (including phenoxy) is 1. The maximum Gasteiger partial charge on any atom is 0.337 e. The average Bonchev–Trinajstić information content (AvgIpc) is 2.74. The minimum absolute atomic E-state index is 0.215. The summed E-state index contributed by atoms with van der Waals surface area (Å²) in [5.41, 5.74) is 1.21. The third kappa shape index (κ3) is 4.83. The lowest BCUT2D eigenvalue weighted by Gasteiger charge is -2.29. The van der Waals surface area contributed by atoms with Crippen molar-refractivity contribution in [1.82, 2.24) is 4.31 Å². The fraction of sp³-hybridized carbons (Fsp3) is 0.333. The van der Waals surface area contributed by atoms with Gasteiger partial charge >= 0.3 is 5.97 Å². The summed E-state index contributed by atoms with van der Waals surface area (Å²) in [4.78, 5) is 24.0. The third-order valence-electron chi connectivity index (χ3n) is 5.06. The standard InChI is InChI=1S/C21H24N2O5S/c1-15-11-13-23(14-12-15)29(26,27)19-9-7-18(8-10-19)22-20(24)16-3-5-17(6-4-16)21(25)28-2/h3-10,15H,11-14H2,1-2H3,(H,22,24). The number of carbonyl (C=O) groups is 2. The first-order chi connectivity index (χ1) is 13.8. The Labute approximate surface area is 170 Å². The van der Waals surface area contributed by atoms with Crippen molar-refractivity contribution < 1.29 is 22.7 Å². The van der Waals surface area contributed by atoms with Gasteiger partial charge in [-0.3, -0.25) is 4.79 Å². The van der Waals surface area contributed by atoms with Gasteiger partial charge < -0.3 is 10.1 Å². The Morgan fingerprint density at radius 3 is 2.07 bits per heavy atom. The molecule has 3 rings (SSSR count). The molecule has 1 aliphatic heterocycles. The highest BCUT2D eigenvalue weighted by molar-refractivity contribution is 7.89. The minimum Gasteiger partial charge on any atom is -0.465 e. The summed E-state index contributed by atoms with van der Waals surface area (Å²) >= 11 is 0. The SMILES string of the molecule is COC(=O)c1ccc(C(=O)Nc2ccc(S(=O)(=O)N3CCC(C)CC3)cc2)cc1. The summed E-state index contributed by atoms with van der Waals surface area (Å²) in [5.74, 6) is -0.292. The number of hydrogen-bond acceptors (Lipinski definition) is 5. The molecule has 2 aromatic rings. The maximum absolute atomic E-state index is 12.8. The molecule has 0 aliphatic carbocycles. The number of rotatable bonds is 5.